The number of hydrogen-bond acceptors (Lipinski definition) is 6. The zero-order valence-corrected chi connectivity index (χ0v) is 16.3. The molecule has 2 amide bonds. The van der Waals surface area contributed by atoms with Crippen LogP contribution in [0.4, 0.5) is 0 Å². The van der Waals surface area contributed by atoms with E-state index in [1.54, 1.807) is 30.6 Å². The lowest BCUT2D eigenvalue weighted by Crippen LogP contribution is -2.42. The summed E-state index contributed by atoms with van der Waals surface area (Å²) in [5, 5.41) is 0. The molecule has 27 heavy (non-hydrogen) atoms. The average Bonchev–Trinajstić information content (AvgIpc) is 2.66. The lowest BCUT2D eigenvalue weighted by atomic mass is 10.2. The number of nitrogens with one attached hydrogen (secondary N) is 2. The zero-order valence-electron chi connectivity index (χ0n) is 15.5. The standard InChI is InChI=1S/C19H23N3O4S/c1-13(2)26-16-7-6-15(9-17(16)25-3)19(24)22-21-18(23)12-27-11-14-5-4-8-20-10-14/h4-10,13H,11-12H2,1-3H3,(H,21,23)(H,22,24). The van der Waals surface area contributed by atoms with Crippen LogP contribution in [0.2, 0.25) is 0 Å². The van der Waals surface area contributed by atoms with E-state index in [9.17, 15) is 9.59 Å². The van der Waals surface area contributed by atoms with Crippen LogP contribution < -0.4 is 20.3 Å². The van der Waals surface area contributed by atoms with Crippen molar-refractivity contribution in [3.05, 3.63) is 53.9 Å². The third-order valence-electron chi connectivity index (χ3n) is 3.33. The maximum absolute atomic E-state index is 12.2. The van der Waals surface area contributed by atoms with Crippen LogP contribution in [-0.4, -0.2) is 35.8 Å². The predicted molar refractivity (Wildman–Crippen MR) is 105 cm³/mol. The molecule has 1 aromatic heterocycles. The summed E-state index contributed by atoms with van der Waals surface area (Å²) in [6.07, 6.45) is 3.45. The predicted octanol–water partition coefficient (Wildman–Crippen LogP) is 2.57. The first-order valence-electron chi connectivity index (χ1n) is 8.40. The fraction of sp³-hybridized carbons (Fsp3) is 0.316. The molecule has 0 radical (unpaired) electrons. The number of rotatable bonds is 8. The third kappa shape index (κ3) is 6.82. The number of aromatic nitrogens is 1. The molecule has 0 aliphatic carbocycles. The highest BCUT2D eigenvalue weighted by Crippen LogP contribution is 2.28. The quantitative estimate of drug-likeness (QED) is 0.675. The molecule has 8 heteroatoms. The second kappa shape index (κ2) is 10.4. The largest absolute Gasteiger partial charge is 0.493 e. The molecule has 0 aliphatic heterocycles. The summed E-state index contributed by atoms with van der Waals surface area (Å²) in [5.74, 6) is 1.18. The SMILES string of the molecule is COc1cc(C(=O)NNC(=O)CSCc2cccnc2)ccc1OC(C)C. The second-order valence-corrected chi connectivity index (χ2v) is 6.87. The van der Waals surface area contributed by atoms with Crippen LogP contribution in [0.15, 0.2) is 42.7 Å². The Labute approximate surface area is 162 Å². The monoisotopic (exact) mass is 389 g/mol. The van der Waals surface area contributed by atoms with Crippen molar-refractivity contribution in [3.63, 3.8) is 0 Å². The highest BCUT2D eigenvalue weighted by atomic mass is 32.2. The summed E-state index contributed by atoms with van der Waals surface area (Å²) < 4.78 is 10.9. The van der Waals surface area contributed by atoms with Gasteiger partial charge in [0, 0.05) is 23.7 Å². The number of nitrogens with zero attached hydrogens (tertiary/aromatic N) is 1. The first-order valence-corrected chi connectivity index (χ1v) is 9.55. The van der Waals surface area contributed by atoms with Crippen LogP contribution in [0.25, 0.3) is 0 Å². The van der Waals surface area contributed by atoms with Crippen LogP contribution in [0.5, 0.6) is 11.5 Å². The molecule has 1 aromatic carbocycles. The maximum Gasteiger partial charge on any atom is 0.269 e. The average molecular weight is 389 g/mol. The minimum atomic E-state index is -0.435. The molecule has 7 nitrogen and oxygen atoms in total. The van der Waals surface area contributed by atoms with Crippen LogP contribution in [0.1, 0.15) is 29.8 Å². The normalized spacial score (nSPS) is 10.4. The number of hydrogen-bond donors (Lipinski definition) is 2. The summed E-state index contributed by atoms with van der Waals surface area (Å²) in [5.41, 5.74) is 6.19. The molecule has 0 atom stereocenters. The number of hydrazine groups is 1. The van der Waals surface area contributed by atoms with Crippen molar-refractivity contribution in [3.8, 4) is 11.5 Å². The first-order chi connectivity index (χ1) is 13.0. The Hall–Kier alpha value is -2.74. The molecule has 0 saturated carbocycles. The minimum Gasteiger partial charge on any atom is -0.493 e. The molecular weight excluding hydrogens is 366 g/mol. The number of pyridine rings is 1. The van der Waals surface area contributed by atoms with Crippen molar-refractivity contribution in [2.75, 3.05) is 12.9 Å². The van der Waals surface area contributed by atoms with Crippen LogP contribution in [0, 0.1) is 0 Å². The van der Waals surface area contributed by atoms with Gasteiger partial charge in [-0.3, -0.25) is 25.4 Å². The Balaban J connectivity index is 1.81. The van der Waals surface area contributed by atoms with Gasteiger partial charge in [0.2, 0.25) is 5.91 Å². The summed E-state index contributed by atoms with van der Waals surface area (Å²) >= 11 is 1.44. The number of carbonyl (C=O) groups is 2. The molecule has 0 bridgehead atoms. The topological polar surface area (TPSA) is 89.6 Å². The van der Waals surface area contributed by atoms with Gasteiger partial charge in [-0.1, -0.05) is 6.07 Å². The summed E-state index contributed by atoms with van der Waals surface area (Å²) in [4.78, 5) is 28.1. The maximum atomic E-state index is 12.2. The molecule has 144 valence electrons. The van der Waals surface area contributed by atoms with E-state index < -0.39 is 5.91 Å². The van der Waals surface area contributed by atoms with Gasteiger partial charge < -0.3 is 9.47 Å². The summed E-state index contributed by atoms with van der Waals surface area (Å²) in [6, 6.07) is 8.64. The van der Waals surface area contributed by atoms with Crippen LogP contribution in [-0.2, 0) is 10.5 Å². The zero-order chi connectivity index (χ0) is 19.6. The first kappa shape index (κ1) is 20.6. The number of amides is 2. The molecule has 0 saturated heterocycles. The van der Waals surface area contributed by atoms with E-state index in [1.165, 1.54) is 18.9 Å². The molecule has 2 N–H and O–H groups in total. The Morgan fingerprint density at radius 1 is 1.19 bits per heavy atom. The van der Waals surface area contributed by atoms with E-state index in [0.717, 1.165) is 5.56 Å². The number of ether oxygens (including phenoxy) is 2. The van der Waals surface area contributed by atoms with Gasteiger partial charge in [0.15, 0.2) is 11.5 Å². The van der Waals surface area contributed by atoms with Crippen molar-refractivity contribution >= 4 is 23.6 Å². The van der Waals surface area contributed by atoms with Crippen molar-refractivity contribution < 1.29 is 19.1 Å². The Morgan fingerprint density at radius 3 is 2.67 bits per heavy atom. The second-order valence-electron chi connectivity index (χ2n) is 5.89. The van der Waals surface area contributed by atoms with Gasteiger partial charge in [-0.15, -0.1) is 11.8 Å². The number of carbonyl (C=O) groups excluding carboxylic acids is 2. The van der Waals surface area contributed by atoms with Gasteiger partial charge in [0.05, 0.1) is 19.0 Å². The van der Waals surface area contributed by atoms with Gasteiger partial charge in [0.25, 0.3) is 5.91 Å². The van der Waals surface area contributed by atoms with E-state index in [0.29, 0.717) is 22.8 Å². The summed E-state index contributed by atoms with van der Waals surface area (Å²) in [7, 11) is 1.51. The van der Waals surface area contributed by atoms with Gasteiger partial charge in [-0.2, -0.15) is 0 Å². The van der Waals surface area contributed by atoms with E-state index >= 15 is 0 Å². The number of thioether (sulfide) groups is 1. The van der Waals surface area contributed by atoms with E-state index in [2.05, 4.69) is 15.8 Å². The molecule has 2 rings (SSSR count). The highest BCUT2D eigenvalue weighted by molar-refractivity contribution is 7.99. The van der Waals surface area contributed by atoms with Crippen molar-refractivity contribution in [2.24, 2.45) is 0 Å². The lowest BCUT2D eigenvalue weighted by Gasteiger charge is -2.14. The third-order valence-corrected chi connectivity index (χ3v) is 4.33. The Morgan fingerprint density at radius 2 is 2.00 bits per heavy atom. The van der Waals surface area contributed by atoms with E-state index in [-0.39, 0.29) is 17.8 Å². The molecule has 0 spiro atoms. The summed E-state index contributed by atoms with van der Waals surface area (Å²) in [6.45, 7) is 3.81. The van der Waals surface area contributed by atoms with Gasteiger partial charge in [-0.05, 0) is 43.7 Å². The molecule has 1 heterocycles. The smallest absolute Gasteiger partial charge is 0.269 e. The lowest BCUT2D eigenvalue weighted by molar-refractivity contribution is -0.119. The Kier molecular flexibility index (Phi) is 7.94. The molecular formula is C19H23N3O4S. The highest BCUT2D eigenvalue weighted by Gasteiger charge is 2.13. The van der Waals surface area contributed by atoms with Crippen molar-refractivity contribution in [1.82, 2.24) is 15.8 Å². The van der Waals surface area contributed by atoms with Gasteiger partial charge in [-0.25, -0.2) is 0 Å². The Bertz CT molecular complexity index is 769. The fourth-order valence-electron chi connectivity index (χ4n) is 2.14. The molecule has 0 aliphatic rings. The van der Waals surface area contributed by atoms with E-state index in [4.69, 9.17) is 9.47 Å². The molecule has 0 fully saturated rings. The van der Waals surface area contributed by atoms with Crippen LogP contribution >= 0.6 is 11.8 Å². The minimum absolute atomic E-state index is 0.0120. The number of benzene rings is 1. The van der Waals surface area contributed by atoms with Gasteiger partial charge >= 0.3 is 0 Å². The molecule has 2 aromatic rings. The fourth-order valence-corrected chi connectivity index (χ4v) is 2.91. The number of methoxy groups -OCH3 is 1. The van der Waals surface area contributed by atoms with Crippen molar-refractivity contribution in [1.29, 1.82) is 0 Å². The van der Waals surface area contributed by atoms with Crippen molar-refractivity contribution in [2.45, 2.75) is 25.7 Å². The van der Waals surface area contributed by atoms with Gasteiger partial charge in [0.1, 0.15) is 0 Å². The molecule has 0 unspecified atom stereocenters. The van der Waals surface area contributed by atoms with Crippen LogP contribution in [0.3, 0.4) is 0 Å². The van der Waals surface area contributed by atoms with E-state index in [1.807, 2.05) is 26.0 Å².